The van der Waals surface area contributed by atoms with Crippen molar-refractivity contribution >= 4 is 40.0 Å². The van der Waals surface area contributed by atoms with Gasteiger partial charge in [0.05, 0.1) is 0 Å². The first-order valence-corrected chi connectivity index (χ1v) is 4.26. The number of rotatable bonds is 0. The van der Waals surface area contributed by atoms with Crippen molar-refractivity contribution in [1.82, 2.24) is 0 Å². The molecule has 0 fully saturated rings. The third-order valence-electron chi connectivity index (χ3n) is 1.51. The maximum atomic E-state index is 3.72. The summed E-state index contributed by atoms with van der Waals surface area (Å²) < 4.78 is 0. The van der Waals surface area contributed by atoms with E-state index in [-0.39, 0.29) is 44.7 Å². The molecule has 0 aliphatic heterocycles. The van der Waals surface area contributed by atoms with Crippen molar-refractivity contribution in [2.75, 3.05) is 0 Å². The number of hydrogen-bond donors (Lipinski definition) is 0. The van der Waals surface area contributed by atoms with E-state index < -0.39 is 0 Å². The molecule has 3 heteroatoms. The van der Waals surface area contributed by atoms with Crippen LogP contribution >= 0.6 is 17.0 Å². The van der Waals surface area contributed by atoms with Gasteiger partial charge in [-0.3, -0.25) is 0 Å². The Bertz CT molecular complexity index is 286. The second-order valence-corrected chi connectivity index (χ2v) is 2.64. The monoisotopic (exact) mass is 292 g/mol. The van der Waals surface area contributed by atoms with Gasteiger partial charge in [0, 0.05) is 0 Å². The first-order chi connectivity index (χ1) is 6.39. The molecule has 0 saturated carbocycles. The smallest absolute Gasteiger partial charge is 1.00 e. The summed E-state index contributed by atoms with van der Waals surface area (Å²) in [4.78, 5) is 0. The van der Waals surface area contributed by atoms with Gasteiger partial charge in [-0.25, -0.2) is 0 Å². The van der Waals surface area contributed by atoms with Crippen LogP contribution in [0.4, 0.5) is 0 Å². The first-order valence-electron chi connectivity index (χ1n) is 4.26. The molecule has 0 aliphatic rings. The fraction of sp³-hybridized carbons (Fsp3) is 0. The summed E-state index contributed by atoms with van der Waals surface area (Å²) in [6.45, 7) is 3.72. The van der Waals surface area contributed by atoms with Crippen LogP contribution < -0.4 is 4.70 Å². The van der Waals surface area contributed by atoms with Gasteiger partial charge in [-0.15, -0.1) is 29.1 Å². The fourth-order valence-electron chi connectivity index (χ4n) is 0.863. The summed E-state index contributed by atoms with van der Waals surface area (Å²) in [6, 6.07) is 21.9. The standard InChI is InChI=1S/C7H7.C6H6.BrH.FH.Mg/c1-7-5-3-2-4-6-7;1-2-4-6-5-3-1;;;/h2-6H,1H2;1-6H;2*1H;/q-1;;;;+2/p-1. The van der Waals surface area contributed by atoms with Gasteiger partial charge in [0.15, 0.2) is 0 Å². The van der Waals surface area contributed by atoms with Gasteiger partial charge in [-0.1, -0.05) is 42.5 Å². The molecule has 2 rings (SSSR count). The second-order valence-electron chi connectivity index (χ2n) is 2.64. The van der Waals surface area contributed by atoms with E-state index in [2.05, 4.69) is 6.92 Å². The van der Waals surface area contributed by atoms with Crippen molar-refractivity contribution in [1.29, 1.82) is 0 Å². The van der Waals surface area contributed by atoms with Gasteiger partial charge in [0.1, 0.15) is 0 Å². The van der Waals surface area contributed by atoms with Crippen LogP contribution in [0.15, 0.2) is 66.7 Å². The van der Waals surface area contributed by atoms with Crippen molar-refractivity contribution in [3.05, 3.63) is 79.2 Å². The summed E-state index contributed by atoms with van der Waals surface area (Å²) in [5.41, 5.74) is 1.07. The molecule has 2 aromatic rings. The molecule has 0 atom stereocenters. The van der Waals surface area contributed by atoms with Crippen LogP contribution in [0.25, 0.3) is 0 Å². The first kappa shape index (κ1) is 20.8. The molecule has 0 heterocycles. The molecule has 0 unspecified atom stereocenters. The average Bonchev–Trinajstić information content (AvgIpc) is 2.22. The number of benzene rings is 2. The molecule has 0 radical (unpaired) electrons. The topological polar surface area (TPSA) is 0 Å². The van der Waals surface area contributed by atoms with E-state index >= 15 is 0 Å². The minimum atomic E-state index is 0. The molecule has 82 valence electrons. The third kappa shape index (κ3) is 11.6. The van der Waals surface area contributed by atoms with Gasteiger partial charge in [0.25, 0.3) is 0 Å². The van der Waals surface area contributed by atoms with E-state index in [1.165, 1.54) is 0 Å². The van der Waals surface area contributed by atoms with E-state index in [0.717, 1.165) is 5.56 Å². The Kier molecular flexibility index (Phi) is 18.9. The molecular formula is C13H14BrFMg. The quantitative estimate of drug-likeness (QED) is 0.497. The van der Waals surface area contributed by atoms with Crippen LogP contribution in [0.1, 0.15) is 5.56 Å². The Morgan fingerprint density at radius 1 is 0.625 bits per heavy atom. The summed E-state index contributed by atoms with van der Waals surface area (Å²) >= 11 is 0. The molecule has 0 nitrogen and oxygen atoms in total. The average molecular weight is 293 g/mol. The van der Waals surface area contributed by atoms with Crippen molar-refractivity contribution in [3.63, 3.8) is 0 Å². The van der Waals surface area contributed by atoms with Crippen LogP contribution in [0, 0.1) is 6.92 Å². The minimum absolute atomic E-state index is 0. The van der Waals surface area contributed by atoms with Crippen LogP contribution in [0.5, 0.6) is 0 Å². The zero-order valence-electron chi connectivity index (χ0n) is 9.05. The predicted molar refractivity (Wildman–Crippen MR) is 73.4 cm³/mol. The van der Waals surface area contributed by atoms with Crippen LogP contribution in [-0.2, 0) is 0 Å². The van der Waals surface area contributed by atoms with Crippen LogP contribution in [0.3, 0.4) is 0 Å². The van der Waals surface area contributed by atoms with E-state index in [0.29, 0.717) is 0 Å². The molecule has 0 saturated heterocycles. The molecule has 16 heavy (non-hydrogen) atoms. The van der Waals surface area contributed by atoms with Gasteiger partial charge < -0.3 is 4.70 Å². The minimum Gasteiger partial charge on any atom is -1.00 e. The maximum absolute atomic E-state index is 3.72. The van der Waals surface area contributed by atoms with Gasteiger partial charge in [0.2, 0.25) is 0 Å². The Labute approximate surface area is 123 Å². The predicted octanol–water partition coefficient (Wildman–Crippen LogP) is 0.756. The van der Waals surface area contributed by atoms with E-state index in [1.807, 2.05) is 66.7 Å². The molecule has 0 bridgehead atoms. The van der Waals surface area contributed by atoms with Crippen molar-refractivity contribution < 1.29 is 4.70 Å². The summed E-state index contributed by atoms with van der Waals surface area (Å²) in [7, 11) is 0. The molecule has 0 aromatic heterocycles. The Morgan fingerprint density at radius 3 is 1.06 bits per heavy atom. The molecule has 0 N–H and O–H groups in total. The summed E-state index contributed by atoms with van der Waals surface area (Å²) in [6.07, 6.45) is 0. The fourth-order valence-corrected chi connectivity index (χ4v) is 0.863. The van der Waals surface area contributed by atoms with Crippen LogP contribution in [0.2, 0.25) is 0 Å². The third-order valence-corrected chi connectivity index (χ3v) is 1.51. The van der Waals surface area contributed by atoms with Gasteiger partial charge in [-0.05, 0) is 0 Å². The zero-order chi connectivity index (χ0) is 9.36. The van der Waals surface area contributed by atoms with Crippen molar-refractivity contribution in [3.8, 4) is 0 Å². The van der Waals surface area contributed by atoms with E-state index in [4.69, 9.17) is 0 Å². The summed E-state index contributed by atoms with van der Waals surface area (Å²) in [5.74, 6) is 0. The molecule has 0 amide bonds. The largest absolute Gasteiger partial charge is 2.00 e. The molecular weight excluding hydrogens is 279 g/mol. The van der Waals surface area contributed by atoms with Crippen molar-refractivity contribution in [2.24, 2.45) is 0 Å². The Morgan fingerprint density at radius 2 is 0.875 bits per heavy atom. The summed E-state index contributed by atoms with van der Waals surface area (Å²) in [5, 5.41) is 0. The molecule has 0 spiro atoms. The van der Waals surface area contributed by atoms with E-state index in [1.54, 1.807) is 0 Å². The number of halogens is 2. The number of hydrogen-bond acceptors (Lipinski definition) is 0. The normalized spacial score (nSPS) is 6.75. The van der Waals surface area contributed by atoms with E-state index in [9.17, 15) is 0 Å². The second kappa shape index (κ2) is 14.5. The zero-order valence-corrected chi connectivity index (χ0v) is 12.2. The Balaban J connectivity index is -0.000000179. The van der Waals surface area contributed by atoms with Crippen molar-refractivity contribution in [2.45, 2.75) is 0 Å². The van der Waals surface area contributed by atoms with Gasteiger partial charge in [-0.2, -0.15) is 24.6 Å². The molecule has 0 aliphatic carbocycles. The Hall–Kier alpha value is -0.514. The maximum Gasteiger partial charge on any atom is 2.00 e. The SMILES string of the molecule is Br.[CH2-]c1ccccc1.[F-].[Mg+2].c1ccccc1. The van der Waals surface area contributed by atoms with Gasteiger partial charge >= 0.3 is 23.1 Å². The van der Waals surface area contributed by atoms with Crippen LogP contribution in [-0.4, -0.2) is 23.1 Å². The molecule has 2 aromatic carbocycles.